The summed E-state index contributed by atoms with van der Waals surface area (Å²) >= 11 is 6.20. The molecule has 8 nitrogen and oxygen atoms in total. The minimum atomic E-state index is -0.475. The normalized spacial score (nSPS) is 10.9. The van der Waals surface area contributed by atoms with Crippen LogP contribution in [0.5, 0.6) is 5.75 Å². The van der Waals surface area contributed by atoms with Crippen LogP contribution < -0.4 is 10.1 Å². The first kappa shape index (κ1) is 21.6. The van der Waals surface area contributed by atoms with Crippen LogP contribution in [0, 0.1) is 20.8 Å². The SMILES string of the molecule is Cc1cccc(OCc2c(C(=O)Nc3ncn(Cc4ccccc4Cl)n3)noc2C)c1C. The Morgan fingerprint density at radius 2 is 1.97 bits per heavy atom. The molecule has 0 aliphatic rings. The molecule has 0 atom stereocenters. The Morgan fingerprint density at radius 3 is 2.78 bits per heavy atom. The zero-order valence-corrected chi connectivity index (χ0v) is 18.7. The van der Waals surface area contributed by atoms with Crippen molar-refractivity contribution in [2.45, 2.75) is 33.9 Å². The van der Waals surface area contributed by atoms with Crippen LogP contribution in [0.25, 0.3) is 0 Å². The predicted molar refractivity (Wildman–Crippen MR) is 120 cm³/mol. The minimum Gasteiger partial charge on any atom is -0.488 e. The van der Waals surface area contributed by atoms with Gasteiger partial charge in [-0.15, -0.1) is 5.10 Å². The van der Waals surface area contributed by atoms with Crippen molar-refractivity contribution in [2.75, 3.05) is 5.32 Å². The minimum absolute atomic E-state index is 0.134. The van der Waals surface area contributed by atoms with Gasteiger partial charge in [-0.25, -0.2) is 9.67 Å². The van der Waals surface area contributed by atoms with Gasteiger partial charge in [0.1, 0.15) is 24.4 Å². The van der Waals surface area contributed by atoms with E-state index in [1.165, 1.54) is 6.33 Å². The van der Waals surface area contributed by atoms with Crippen molar-refractivity contribution in [1.29, 1.82) is 0 Å². The molecule has 0 unspecified atom stereocenters. The van der Waals surface area contributed by atoms with Crippen LogP contribution in [0.3, 0.4) is 0 Å². The largest absolute Gasteiger partial charge is 0.488 e. The van der Waals surface area contributed by atoms with E-state index in [0.717, 1.165) is 22.4 Å². The number of aromatic nitrogens is 4. The maximum Gasteiger partial charge on any atom is 0.280 e. The molecule has 9 heteroatoms. The Hall–Kier alpha value is -3.65. The number of hydrogen-bond donors (Lipinski definition) is 1. The molecular weight excluding hydrogens is 430 g/mol. The Kier molecular flexibility index (Phi) is 6.23. The van der Waals surface area contributed by atoms with E-state index in [9.17, 15) is 4.79 Å². The molecule has 164 valence electrons. The van der Waals surface area contributed by atoms with E-state index in [-0.39, 0.29) is 18.2 Å². The van der Waals surface area contributed by atoms with E-state index in [2.05, 4.69) is 20.6 Å². The third-order valence-corrected chi connectivity index (χ3v) is 5.55. The Labute approximate surface area is 190 Å². The Morgan fingerprint density at radius 1 is 1.16 bits per heavy atom. The number of nitrogens with zero attached hydrogens (tertiary/aromatic N) is 4. The van der Waals surface area contributed by atoms with Gasteiger partial charge in [0.05, 0.1) is 12.1 Å². The number of anilines is 1. The van der Waals surface area contributed by atoms with Gasteiger partial charge in [0.2, 0.25) is 5.95 Å². The second-order valence-electron chi connectivity index (χ2n) is 7.36. The maximum absolute atomic E-state index is 12.8. The number of carbonyl (C=O) groups excluding carboxylic acids is 1. The standard InChI is InChI=1S/C23H22ClN5O3/c1-14-7-6-10-20(15(14)2)31-12-18-16(3)32-28-21(18)22(30)26-23-25-13-29(27-23)11-17-8-4-5-9-19(17)24/h4-10,13H,11-12H2,1-3H3,(H,26,27,30). The van der Waals surface area contributed by atoms with E-state index in [4.69, 9.17) is 20.9 Å². The third kappa shape index (κ3) is 4.65. The molecule has 4 rings (SSSR count). The van der Waals surface area contributed by atoms with Crippen LogP contribution in [0.4, 0.5) is 5.95 Å². The molecule has 2 aromatic heterocycles. The quantitative estimate of drug-likeness (QED) is 0.436. The number of aryl methyl sites for hydroxylation is 2. The molecule has 0 saturated heterocycles. The smallest absolute Gasteiger partial charge is 0.280 e. The monoisotopic (exact) mass is 451 g/mol. The Bertz CT molecular complexity index is 1260. The van der Waals surface area contributed by atoms with E-state index < -0.39 is 5.91 Å². The fraction of sp³-hybridized carbons (Fsp3) is 0.217. The van der Waals surface area contributed by atoms with Crippen LogP contribution >= 0.6 is 11.6 Å². The van der Waals surface area contributed by atoms with Crippen molar-refractivity contribution >= 4 is 23.5 Å². The summed E-state index contributed by atoms with van der Waals surface area (Å²) < 4.78 is 12.8. The fourth-order valence-electron chi connectivity index (χ4n) is 3.16. The number of amides is 1. The lowest BCUT2D eigenvalue weighted by Gasteiger charge is -2.10. The maximum atomic E-state index is 12.8. The average molecular weight is 452 g/mol. The first-order chi connectivity index (χ1) is 15.4. The average Bonchev–Trinajstić information content (AvgIpc) is 3.37. The molecule has 0 spiro atoms. The molecule has 0 fully saturated rings. The summed E-state index contributed by atoms with van der Waals surface area (Å²) in [5.41, 5.74) is 3.77. The van der Waals surface area contributed by atoms with Crippen LogP contribution in [0.1, 0.15) is 38.5 Å². The molecule has 0 aliphatic heterocycles. The van der Waals surface area contributed by atoms with Gasteiger partial charge in [-0.1, -0.05) is 47.1 Å². The third-order valence-electron chi connectivity index (χ3n) is 5.18. The highest BCUT2D eigenvalue weighted by molar-refractivity contribution is 6.31. The predicted octanol–water partition coefficient (Wildman–Crippen LogP) is 4.72. The second-order valence-corrected chi connectivity index (χ2v) is 7.77. The van der Waals surface area contributed by atoms with Crippen molar-refractivity contribution in [3.63, 3.8) is 0 Å². The van der Waals surface area contributed by atoms with Gasteiger partial charge in [0.15, 0.2) is 5.69 Å². The van der Waals surface area contributed by atoms with Gasteiger partial charge < -0.3 is 9.26 Å². The molecule has 4 aromatic rings. The number of ether oxygens (including phenoxy) is 1. The van der Waals surface area contributed by atoms with Gasteiger partial charge in [-0.2, -0.15) is 0 Å². The van der Waals surface area contributed by atoms with Crippen molar-refractivity contribution in [3.8, 4) is 5.75 Å². The Balaban J connectivity index is 1.45. The van der Waals surface area contributed by atoms with Gasteiger partial charge in [0, 0.05) is 5.02 Å². The lowest BCUT2D eigenvalue weighted by atomic mass is 10.1. The first-order valence-corrected chi connectivity index (χ1v) is 10.4. The van der Waals surface area contributed by atoms with Crippen LogP contribution in [-0.2, 0) is 13.2 Å². The van der Waals surface area contributed by atoms with Gasteiger partial charge >= 0.3 is 0 Å². The highest BCUT2D eigenvalue weighted by atomic mass is 35.5. The summed E-state index contributed by atoms with van der Waals surface area (Å²) in [5, 5.41) is 11.5. The number of rotatable bonds is 7. The fourth-order valence-corrected chi connectivity index (χ4v) is 3.36. The molecule has 0 aliphatic carbocycles. The highest BCUT2D eigenvalue weighted by Crippen LogP contribution is 2.24. The zero-order chi connectivity index (χ0) is 22.7. The molecule has 32 heavy (non-hydrogen) atoms. The topological polar surface area (TPSA) is 95.1 Å². The number of hydrogen-bond acceptors (Lipinski definition) is 6. The number of benzene rings is 2. The summed E-state index contributed by atoms with van der Waals surface area (Å²) in [5.74, 6) is 0.940. The highest BCUT2D eigenvalue weighted by Gasteiger charge is 2.22. The van der Waals surface area contributed by atoms with Crippen molar-refractivity contribution in [2.24, 2.45) is 0 Å². The van der Waals surface area contributed by atoms with Crippen molar-refractivity contribution in [1.82, 2.24) is 19.9 Å². The van der Waals surface area contributed by atoms with Crippen LogP contribution in [0.15, 0.2) is 53.3 Å². The lowest BCUT2D eigenvalue weighted by Crippen LogP contribution is -2.16. The van der Waals surface area contributed by atoms with Crippen molar-refractivity contribution < 1.29 is 14.1 Å². The van der Waals surface area contributed by atoms with Gasteiger partial charge in [0.25, 0.3) is 5.91 Å². The van der Waals surface area contributed by atoms with Gasteiger partial charge in [-0.3, -0.25) is 10.1 Å². The van der Waals surface area contributed by atoms with Crippen LogP contribution in [0.2, 0.25) is 5.02 Å². The molecule has 1 amide bonds. The number of nitrogens with one attached hydrogen (secondary N) is 1. The van der Waals surface area contributed by atoms with E-state index >= 15 is 0 Å². The lowest BCUT2D eigenvalue weighted by molar-refractivity contribution is 0.101. The summed E-state index contributed by atoms with van der Waals surface area (Å²) in [7, 11) is 0. The van der Waals surface area contributed by atoms with Crippen LogP contribution in [-0.4, -0.2) is 25.8 Å². The zero-order valence-electron chi connectivity index (χ0n) is 17.9. The molecule has 0 saturated carbocycles. The molecular formula is C23H22ClN5O3. The molecule has 2 heterocycles. The molecule has 2 aromatic carbocycles. The molecule has 0 bridgehead atoms. The first-order valence-electron chi connectivity index (χ1n) is 10.0. The second kappa shape index (κ2) is 9.23. The summed E-state index contributed by atoms with van der Waals surface area (Å²) in [6, 6.07) is 13.3. The molecule has 0 radical (unpaired) electrons. The summed E-state index contributed by atoms with van der Waals surface area (Å²) in [4.78, 5) is 16.9. The summed E-state index contributed by atoms with van der Waals surface area (Å²) in [6.45, 7) is 6.33. The van der Waals surface area contributed by atoms with Gasteiger partial charge in [-0.05, 0) is 49.6 Å². The van der Waals surface area contributed by atoms with Crippen molar-refractivity contribution in [3.05, 3.63) is 87.5 Å². The molecule has 1 N–H and O–H groups in total. The van der Waals surface area contributed by atoms with E-state index in [1.54, 1.807) is 11.6 Å². The van der Waals surface area contributed by atoms with E-state index in [1.807, 2.05) is 56.3 Å². The van der Waals surface area contributed by atoms with E-state index in [0.29, 0.717) is 22.9 Å². The summed E-state index contributed by atoms with van der Waals surface area (Å²) in [6.07, 6.45) is 1.53. The number of halogens is 1. The number of carbonyl (C=O) groups is 1.